The van der Waals surface area contributed by atoms with Gasteiger partial charge in [-0.2, -0.15) is 0 Å². The van der Waals surface area contributed by atoms with Crippen LogP contribution in [-0.2, 0) is 6.54 Å². The van der Waals surface area contributed by atoms with E-state index in [-0.39, 0.29) is 23.6 Å². The largest absolute Gasteiger partial charge is 0.478 e. The molecule has 0 saturated carbocycles. The molecular weight excluding hydrogens is 261 g/mol. The molecule has 1 unspecified atom stereocenters. The molecule has 0 bridgehead atoms. The zero-order valence-corrected chi connectivity index (χ0v) is 12.1. The topological polar surface area (TPSA) is 69.6 Å². The van der Waals surface area contributed by atoms with Gasteiger partial charge in [-0.1, -0.05) is 26.8 Å². The molecule has 1 atom stereocenters. The number of aliphatic hydroxyl groups is 1. The Morgan fingerprint density at radius 3 is 2.50 bits per heavy atom. The van der Waals surface area contributed by atoms with Gasteiger partial charge in [-0.05, 0) is 29.5 Å². The van der Waals surface area contributed by atoms with Crippen molar-refractivity contribution in [2.45, 2.75) is 39.8 Å². The van der Waals surface area contributed by atoms with Crippen LogP contribution in [0.2, 0.25) is 0 Å². The molecule has 3 N–H and O–H groups in total. The van der Waals surface area contributed by atoms with Gasteiger partial charge in [-0.25, -0.2) is 9.18 Å². The highest BCUT2D eigenvalue weighted by molar-refractivity contribution is 5.87. The lowest BCUT2D eigenvalue weighted by molar-refractivity contribution is 0.0692. The number of aromatic carboxylic acids is 1. The van der Waals surface area contributed by atoms with E-state index >= 15 is 0 Å². The van der Waals surface area contributed by atoms with Gasteiger partial charge in [0.15, 0.2) is 0 Å². The third-order valence-corrected chi connectivity index (χ3v) is 3.28. The zero-order chi connectivity index (χ0) is 15.3. The number of rotatable bonds is 6. The van der Waals surface area contributed by atoms with E-state index in [1.54, 1.807) is 6.07 Å². The predicted octanol–water partition coefficient (Wildman–Crippen LogP) is 2.41. The number of nitrogens with one attached hydrogen (secondary N) is 1. The molecule has 1 aromatic rings. The summed E-state index contributed by atoms with van der Waals surface area (Å²) in [5.74, 6) is -2.00. The minimum absolute atomic E-state index is 0.0255. The maximum absolute atomic E-state index is 13.6. The van der Waals surface area contributed by atoms with E-state index in [4.69, 9.17) is 10.2 Å². The van der Waals surface area contributed by atoms with E-state index in [1.165, 1.54) is 12.1 Å². The summed E-state index contributed by atoms with van der Waals surface area (Å²) in [5, 5.41) is 21.1. The molecule has 5 heteroatoms. The van der Waals surface area contributed by atoms with E-state index in [0.717, 1.165) is 0 Å². The van der Waals surface area contributed by atoms with Gasteiger partial charge in [0.25, 0.3) is 0 Å². The highest BCUT2D eigenvalue weighted by atomic mass is 19.1. The number of benzene rings is 1. The Balaban J connectivity index is 2.74. The fraction of sp³-hybridized carbons (Fsp3) is 0.533. The van der Waals surface area contributed by atoms with Gasteiger partial charge in [0.05, 0.1) is 5.56 Å². The fourth-order valence-electron chi connectivity index (χ4n) is 2.05. The van der Waals surface area contributed by atoms with Crippen molar-refractivity contribution in [3.8, 4) is 0 Å². The van der Waals surface area contributed by atoms with Gasteiger partial charge in [-0.15, -0.1) is 0 Å². The van der Waals surface area contributed by atoms with Gasteiger partial charge in [0, 0.05) is 19.2 Å². The normalized spacial score (nSPS) is 13.2. The molecular formula is C15H22FNO3. The number of hydrogen-bond donors (Lipinski definition) is 3. The molecule has 0 aliphatic carbocycles. The van der Waals surface area contributed by atoms with Gasteiger partial charge < -0.3 is 15.5 Å². The number of carboxylic acids is 1. The smallest absolute Gasteiger partial charge is 0.338 e. The summed E-state index contributed by atoms with van der Waals surface area (Å²) in [5.41, 5.74) is 0.332. The lowest BCUT2D eigenvalue weighted by Gasteiger charge is -2.31. The molecule has 112 valence electrons. The van der Waals surface area contributed by atoms with Crippen LogP contribution in [0, 0.1) is 11.2 Å². The molecule has 0 aliphatic rings. The first kappa shape index (κ1) is 16.6. The quantitative estimate of drug-likeness (QED) is 0.750. The lowest BCUT2D eigenvalue weighted by Crippen LogP contribution is -2.40. The number of carbonyl (C=O) groups is 1. The van der Waals surface area contributed by atoms with Crippen LogP contribution in [0.4, 0.5) is 4.39 Å². The van der Waals surface area contributed by atoms with Crippen molar-refractivity contribution < 1.29 is 19.4 Å². The Labute approximate surface area is 118 Å². The van der Waals surface area contributed by atoms with Crippen LogP contribution in [0.25, 0.3) is 0 Å². The van der Waals surface area contributed by atoms with Crippen LogP contribution in [0.15, 0.2) is 18.2 Å². The summed E-state index contributed by atoms with van der Waals surface area (Å²) >= 11 is 0. The molecule has 0 fully saturated rings. The van der Waals surface area contributed by atoms with Crippen LogP contribution < -0.4 is 5.32 Å². The second-order valence-electron chi connectivity index (χ2n) is 5.93. The van der Waals surface area contributed by atoms with Crippen molar-refractivity contribution in [3.63, 3.8) is 0 Å². The van der Waals surface area contributed by atoms with Crippen molar-refractivity contribution >= 4 is 5.97 Å². The van der Waals surface area contributed by atoms with E-state index in [2.05, 4.69) is 26.1 Å². The number of halogens is 1. The molecule has 1 rings (SSSR count). The van der Waals surface area contributed by atoms with E-state index in [9.17, 15) is 9.18 Å². The summed E-state index contributed by atoms with van der Waals surface area (Å²) < 4.78 is 13.6. The zero-order valence-electron chi connectivity index (χ0n) is 12.1. The molecule has 1 aromatic carbocycles. The second kappa shape index (κ2) is 6.81. The molecule has 0 heterocycles. The van der Waals surface area contributed by atoms with Crippen molar-refractivity contribution in [3.05, 3.63) is 35.1 Å². The predicted molar refractivity (Wildman–Crippen MR) is 75.1 cm³/mol. The summed E-state index contributed by atoms with van der Waals surface area (Å²) in [4.78, 5) is 10.7. The SMILES string of the molecule is CC(C)(C)C(CCO)NCc1ccc(C(=O)O)c(F)c1. The molecule has 0 spiro atoms. The Morgan fingerprint density at radius 2 is 2.05 bits per heavy atom. The minimum atomic E-state index is -1.27. The van der Waals surface area contributed by atoms with Crippen LogP contribution in [0.5, 0.6) is 0 Å². The molecule has 0 amide bonds. The van der Waals surface area contributed by atoms with Gasteiger partial charge in [-0.3, -0.25) is 0 Å². The highest BCUT2D eigenvalue weighted by Gasteiger charge is 2.23. The van der Waals surface area contributed by atoms with Gasteiger partial charge in [0.1, 0.15) is 5.82 Å². The van der Waals surface area contributed by atoms with Crippen molar-refractivity contribution in [2.75, 3.05) is 6.61 Å². The second-order valence-corrected chi connectivity index (χ2v) is 5.93. The van der Waals surface area contributed by atoms with Gasteiger partial charge in [0.2, 0.25) is 0 Å². The van der Waals surface area contributed by atoms with Crippen LogP contribution >= 0.6 is 0 Å². The standard InChI is InChI=1S/C15H22FNO3/c1-15(2,3)13(6-7-18)17-9-10-4-5-11(14(19)20)12(16)8-10/h4-5,8,13,17-18H,6-7,9H2,1-3H3,(H,19,20). The average molecular weight is 283 g/mol. The number of hydrogen-bond acceptors (Lipinski definition) is 3. The van der Waals surface area contributed by atoms with E-state index in [1.807, 2.05) is 0 Å². The third kappa shape index (κ3) is 4.58. The minimum Gasteiger partial charge on any atom is -0.478 e. The Hall–Kier alpha value is -1.46. The van der Waals surface area contributed by atoms with Crippen molar-refractivity contribution in [2.24, 2.45) is 5.41 Å². The monoisotopic (exact) mass is 283 g/mol. The van der Waals surface area contributed by atoms with E-state index in [0.29, 0.717) is 18.5 Å². The molecule has 0 radical (unpaired) electrons. The summed E-state index contributed by atoms with van der Waals surface area (Å²) in [6, 6.07) is 4.19. The first-order chi connectivity index (χ1) is 9.25. The maximum atomic E-state index is 13.6. The first-order valence-electron chi connectivity index (χ1n) is 6.61. The Kier molecular flexibility index (Phi) is 5.65. The molecule has 0 aliphatic heterocycles. The highest BCUT2D eigenvalue weighted by Crippen LogP contribution is 2.22. The first-order valence-corrected chi connectivity index (χ1v) is 6.61. The number of aliphatic hydroxyl groups excluding tert-OH is 1. The molecule has 20 heavy (non-hydrogen) atoms. The van der Waals surface area contributed by atoms with E-state index < -0.39 is 11.8 Å². The average Bonchev–Trinajstić information content (AvgIpc) is 2.32. The number of carboxylic acid groups (broad SMARTS) is 1. The summed E-state index contributed by atoms with van der Waals surface area (Å²) in [6.45, 7) is 6.71. The lowest BCUT2D eigenvalue weighted by atomic mass is 9.85. The molecule has 0 aromatic heterocycles. The van der Waals surface area contributed by atoms with Crippen molar-refractivity contribution in [1.82, 2.24) is 5.32 Å². The Bertz CT molecular complexity index is 469. The maximum Gasteiger partial charge on any atom is 0.338 e. The van der Waals surface area contributed by atoms with Crippen LogP contribution in [-0.4, -0.2) is 28.8 Å². The molecule has 0 saturated heterocycles. The van der Waals surface area contributed by atoms with Crippen molar-refractivity contribution in [1.29, 1.82) is 0 Å². The summed E-state index contributed by atoms with van der Waals surface area (Å²) in [6.07, 6.45) is 0.610. The third-order valence-electron chi connectivity index (χ3n) is 3.28. The summed E-state index contributed by atoms with van der Waals surface area (Å²) in [7, 11) is 0. The Morgan fingerprint density at radius 1 is 1.40 bits per heavy atom. The van der Waals surface area contributed by atoms with Crippen LogP contribution in [0.3, 0.4) is 0 Å². The fourth-order valence-corrected chi connectivity index (χ4v) is 2.05. The molecule has 4 nitrogen and oxygen atoms in total. The van der Waals surface area contributed by atoms with Gasteiger partial charge >= 0.3 is 5.97 Å². The van der Waals surface area contributed by atoms with Crippen LogP contribution in [0.1, 0.15) is 43.1 Å².